The maximum Gasteiger partial charge on any atom is 0.212 e. The number of nitrogens with zero attached hydrogens (tertiary/aromatic N) is 4. The molecular formula is C11H12N4O3. The number of carbonyl (C=O) groups excluding carboxylic acids is 1. The van der Waals surface area contributed by atoms with Gasteiger partial charge in [-0.2, -0.15) is 4.80 Å². The molecule has 0 spiro atoms. The van der Waals surface area contributed by atoms with Gasteiger partial charge in [0.1, 0.15) is 11.5 Å². The van der Waals surface area contributed by atoms with E-state index in [1.807, 2.05) is 0 Å². The number of methoxy groups -OCH3 is 1. The number of rotatable bonds is 5. The highest BCUT2D eigenvalue weighted by molar-refractivity contribution is 5.79. The van der Waals surface area contributed by atoms with Crippen LogP contribution < -0.4 is 9.47 Å². The zero-order valence-electron chi connectivity index (χ0n) is 10.0. The number of aryl methyl sites for hydroxylation is 1. The topological polar surface area (TPSA) is 79.1 Å². The highest BCUT2D eigenvalue weighted by Gasteiger charge is 2.07. The fourth-order valence-electron chi connectivity index (χ4n) is 1.39. The molecule has 0 fully saturated rings. The Hall–Kier alpha value is -2.44. The third kappa shape index (κ3) is 2.62. The molecule has 94 valence electrons. The van der Waals surface area contributed by atoms with Crippen molar-refractivity contribution in [1.29, 1.82) is 0 Å². The molecule has 2 rings (SSSR count). The van der Waals surface area contributed by atoms with Gasteiger partial charge in [-0.25, -0.2) is 0 Å². The standard InChI is InChI=1S/C11H12N4O3/c1-15-13-11(12-14-15)7-18-10-5-9(17-2)4-3-8(10)6-16/h3-6H,7H2,1-2H3. The van der Waals surface area contributed by atoms with Gasteiger partial charge in [0, 0.05) is 6.07 Å². The van der Waals surface area contributed by atoms with Crippen molar-refractivity contribution in [3.8, 4) is 11.5 Å². The molecule has 0 atom stereocenters. The van der Waals surface area contributed by atoms with Crippen LogP contribution in [0.15, 0.2) is 18.2 Å². The van der Waals surface area contributed by atoms with Crippen LogP contribution in [0.3, 0.4) is 0 Å². The molecule has 0 aliphatic carbocycles. The Morgan fingerprint density at radius 1 is 1.44 bits per heavy atom. The molecular weight excluding hydrogens is 236 g/mol. The lowest BCUT2D eigenvalue weighted by atomic mass is 10.2. The Labute approximate surface area is 103 Å². The summed E-state index contributed by atoms with van der Waals surface area (Å²) in [6, 6.07) is 4.96. The van der Waals surface area contributed by atoms with Crippen molar-refractivity contribution < 1.29 is 14.3 Å². The number of hydrogen-bond acceptors (Lipinski definition) is 6. The van der Waals surface area contributed by atoms with Crippen molar-refractivity contribution in [2.24, 2.45) is 7.05 Å². The predicted octanol–water partition coefficient (Wildman–Crippen LogP) is 0.610. The third-order valence-electron chi connectivity index (χ3n) is 2.25. The molecule has 0 radical (unpaired) electrons. The predicted molar refractivity (Wildman–Crippen MR) is 61.5 cm³/mol. The fraction of sp³-hybridized carbons (Fsp3) is 0.273. The smallest absolute Gasteiger partial charge is 0.212 e. The molecule has 0 saturated carbocycles. The minimum absolute atomic E-state index is 0.141. The Kier molecular flexibility index (Phi) is 3.52. The molecule has 7 heteroatoms. The molecule has 7 nitrogen and oxygen atoms in total. The lowest BCUT2D eigenvalue weighted by molar-refractivity contribution is 0.111. The Bertz CT molecular complexity index is 553. The second-order valence-electron chi connectivity index (χ2n) is 3.51. The zero-order chi connectivity index (χ0) is 13.0. The quantitative estimate of drug-likeness (QED) is 0.721. The number of hydrogen-bond donors (Lipinski definition) is 0. The maximum absolute atomic E-state index is 10.9. The van der Waals surface area contributed by atoms with E-state index in [4.69, 9.17) is 9.47 Å². The van der Waals surface area contributed by atoms with Crippen LogP contribution in [0.4, 0.5) is 0 Å². The molecule has 0 N–H and O–H groups in total. The van der Waals surface area contributed by atoms with E-state index in [2.05, 4.69) is 15.4 Å². The van der Waals surface area contributed by atoms with E-state index in [0.29, 0.717) is 22.9 Å². The summed E-state index contributed by atoms with van der Waals surface area (Å²) in [5.74, 6) is 1.48. The average molecular weight is 248 g/mol. The van der Waals surface area contributed by atoms with Crippen LogP contribution in [0, 0.1) is 0 Å². The van der Waals surface area contributed by atoms with Crippen molar-refractivity contribution in [1.82, 2.24) is 20.2 Å². The van der Waals surface area contributed by atoms with Crippen LogP contribution in [-0.4, -0.2) is 33.6 Å². The van der Waals surface area contributed by atoms with Gasteiger partial charge < -0.3 is 9.47 Å². The molecule has 0 aliphatic heterocycles. The normalized spacial score (nSPS) is 10.1. The molecule has 18 heavy (non-hydrogen) atoms. The number of tetrazole rings is 1. The Balaban J connectivity index is 2.14. The minimum atomic E-state index is 0.141. The van der Waals surface area contributed by atoms with E-state index in [1.165, 1.54) is 4.80 Å². The van der Waals surface area contributed by atoms with Gasteiger partial charge in [-0.1, -0.05) is 0 Å². The Morgan fingerprint density at radius 3 is 2.89 bits per heavy atom. The van der Waals surface area contributed by atoms with Crippen LogP contribution in [0.25, 0.3) is 0 Å². The number of carbonyl (C=O) groups is 1. The zero-order valence-corrected chi connectivity index (χ0v) is 10.0. The minimum Gasteiger partial charge on any atom is -0.497 e. The summed E-state index contributed by atoms with van der Waals surface area (Å²) in [5.41, 5.74) is 0.444. The molecule has 0 amide bonds. The number of aromatic nitrogens is 4. The van der Waals surface area contributed by atoms with Gasteiger partial charge in [-0.05, 0) is 17.3 Å². The lowest BCUT2D eigenvalue weighted by Crippen LogP contribution is -2.01. The first-order chi connectivity index (χ1) is 8.72. The van der Waals surface area contributed by atoms with Crippen molar-refractivity contribution in [2.45, 2.75) is 6.61 Å². The van der Waals surface area contributed by atoms with E-state index in [1.54, 1.807) is 32.4 Å². The second kappa shape index (κ2) is 5.26. The summed E-state index contributed by atoms with van der Waals surface area (Å²) in [5, 5.41) is 11.4. The first-order valence-corrected chi connectivity index (χ1v) is 5.22. The first kappa shape index (κ1) is 12.0. The van der Waals surface area contributed by atoms with E-state index >= 15 is 0 Å². The molecule has 1 heterocycles. The largest absolute Gasteiger partial charge is 0.497 e. The molecule has 1 aromatic heterocycles. The van der Waals surface area contributed by atoms with Crippen LogP contribution in [0.1, 0.15) is 16.2 Å². The van der Waals surface area contributed by atoms with Gasteiger partial charge in [0.15, 0.2) is 12.9 Å². The molecule has 0 unspecified atom stereocenters. The van der Waals surface area contributed by atoms with Gasteiger partial charge in [0.25, 0.3) is 0 Å². The van der Waals surface area contributed by atoms with E-state index in [9.17, 15) is 4.79 Å². The van der Waals surface area contributed by atoms with Crippen molar-refractivity contribution in [2.75, 3.05) is 7.11 Å². The first-order valence-electron chi connectivity index (χ1n) is 5.22. The maximum atomic E-state index is 10.9. The fourth-order valence-corrected chi connectivity index (χ4v) is 1.39. The average Bonchev–Trinajstić information content (AvgIpc) is 2.81. The highest BCUT2D eigenvalue weighted by atomic mass is 16.5. The van der Waals surface area contributed by atoms with Crippen LogP contribution in [0.5, 0.6) is 11.5 Å². The van der Waals surface area contributed by atoms with Gasteiger partial charge in [-0.3, -0.25) is 4.79 Å². The van der Waals surface area contributed by atoms with E-state index in [-0.39, 0.29) is 6.61 Å². The van der Waals surface area contributed by atoms with Crippen molar-refractivity contribution >= 4 is 6.29 Å². The summed E-state index contributed by atoms with van der Waals surface area (Å²) in [4.78, 5) is 12.2. The van der Waals surface area contributed by atoms with E-state index < -0.39 is 0 Å². The Morgan fingerprint density at radius 2 is 2.28 bits per heavy atom. The summed E-state index contributed by atoms with van der Waals surface area (Å²) in [7, 11) is 3.21. The molecule has 1 aromatic carbocycles. The van der Waals surface area contributed by atoms with Gasteiger partial charge in [-0.15, -0.1) is 10.2 Å². The number of aldehydes is 1. The summed E-state index contributed by atoms with van der Waals surface area (Å²) < 4.78 is 10.5. The monoisotopic (exact) mass is 248 g/mol. The van der Waals surface area contributed by atoms with Crippen LogP contribution in [-0.2, 0) is 13.7 Å². The summed E-state index contributed by atoms with van der Waals surface area (Å²) >= 11 is 0. The van der Waals surface area contributed by atoms with Gasteiger partial charge in [0.05, 0.1) is 19.7 Å². The number of benzene rings is 1. The summed E-state index contributed by atoms with van der Waals surface area (Å²) in [6.45, 7) is 0.141. The van der Waals surface area contributed by atoms with E-state index in [0.717, 1.165) is 6.29 Å². The molecule has 0 bridgehead atoms. The van der Waals surface area contributed by atoms with Crippen LogP contribution in [0.2, 0.25) is 0 Å². The number of ether oxygens (including phenoxy) is 2. The molecule has 2 aromatic rings. The second-order valence-corrected chi connectivity index (χ2v) is 3.51. The van der Waals surface area contributed by atoms with Gasteiger partial charge in [0.2, 0.25) is 5.82 Å². The molecule has 0 saturated heterocycles. The van der Waals surface area contributed by atoms with Crippen molar-refractivity contribution in [3.63, 3.8) is 0 Å². The molecule has 0 aliphatic rings. The van der Waals surface area contributed by atoms with Crippen molar-refractivity contribution in [3.05, 3.63) is 29.6 Å². The van der Waals surface area contributed by atoms with Gasteiger partial charge >= 0.3 is 0 Å². The van der Waals surface area contributed by atoms with Crippen LogP contribution >= 0.6 is 0 Å². The SMILES string of the molecule is COc1ccc(C=O)c(OCc2nnn(C)n2)c1. The summed E-state index contributed by atoms with van der Waals surface area (Å²) in [6.07, 6.45) is 0.721. The lowest BCUT2D eigenvalue weighted by Gasteiger charge is -2.08. The highest BCUT2D eigenvalue weighted by Crippen LogP contribution is 2.24. The third-order valence-corrected chi connectivity index (χ3v) is 2.25.